The van der Waals surface area contributed by atoms with E-state index in [9.17, 15) is 4.79 Å². The number of ether oxygens (including phenoxy) is 2. The van der Waals surface area contributed by atoms with Crippen molar-refractivity contribution in [2.75, 3.05) is 20.8 Å². The lowest BCUT2D eigenvalue weighted by molar-refractivity contribution is 0.0600. The van der Waals surface area contributed by atoms with Crippen molar-refractivity contribution in [1.82, 2.24) is 10.6 Å². The Hall–Kier alpha value is -2.29. The van der Waals surface area contributed by atoms with Crippen molar-refractivity contribution in [2.24, 2.45) is 4.99 Å². The van der Waals surface area contributed by atoms with Crippen molar-refractivity contribution in [3.05, 3.63) is 65.2 Å². The van der Waals surface area contributed by atoms with Crippen LogP contribution in [0.5, 0.6) is 5.75 Å². The van der Waals surface area contributed by atoms with Gasteiger partial charge in [0.15, 0.2) is 5.96 Å². The molecule has 0 fully saturated rings. The molecule has 2 aromatic rings. The number of aliphatic imine (C=N–C) groups is 1. The van der Waals surface area contributed by atoms with Crippen LogP contribution in [0.15, 0.2) is 53.5 Å². The van der Waals surface area contributed by atoms with Gasteiger partial charge in [0.05, 0.1) is 26.3 Å². The third kappa shape index (κ3) is 7.46. The van der Waals surface area contributed by atoms with Gasteiger partial charge in [-0.3, -0.25) is 0 Å². The molecule has 0 unspecified atom stereocenters. The van der Waals surface area contributed by atoms with Crippen LogP contribution >= 0.6 is 24.0 Å². The van der Waals surface area contributed by atoms with E-state index in [1.807, 2.05) is 43.3 Å². The van der Waals surface area contributed by atoms with Gasteiger partial charge < -0.3 is 20.1 Å². The molecule has 0 heterocycles. The molecule has 0 aliphatic carbocycles. The lowest BCUT2D eigenvalue weighted by atomic mass is 10.1. The van der Waals surface area contributed by atoms with Crippen LogP contribution in [0, 0.1) is 0 Å². The van der Waals surface area contributed by atoms with Crippen molar-refractivity contribution >= 4 is 35.9 Å². The number of nitrogens with zero attached hydrogens (tertiary/aromatic N) is 1. The van der Waals surface area contributed by atoms with Crippen molar-refractivity contribution < 1.29 is 14.3 Å². The Labute approximate surface area is 177 Å². The molecule has 0 spiro atoms. The number of esters is 1. The third-order valence-electron chi connectivity index (χ3n) is 3.73. The van der Waals surface area contributed by atoms with Gasteiger partial charge in [0.1, 0.15) is 5.75 Å². The molecule has 0 saturated heterocycles. The predicted molar refractivity (Wildman–Crippen MR) is 118 cm³/mol. The quantitative estimate of drug-likeness (QED) is 0.274. The first kappa shape index (κ1) is 22.8. The van der Waals surface area contributed by atoms with Gasteiger partial charge in [-0.1, -0.05) is 24.3 Å². The fourth-order valence-corrected chi connectivity index (χ4v) is 2.35. The minimum atomic E-state index is -0.335. The van der Waals surface area contributed by atoms with Crippen LogP contribution in [0.4, 0.5) is 0 Å². The summed E-state index contributed by atoms with van der Waals surface area (Å²) in [4.78, 5) is 16.1. The molecular weight excluding hydrogens is 457 g/mol. The van der Waals surface area contributed by atoms with E-state index in [0.29, 0.717) is 18.7 Å². The highest BCUT2D eigenvalue weighted by atomic mass is 127. The summed E-state index contributed by atoms with van der Waals surface area (Å²) in [5.74, 6) is 1.21. The van der Waals surface area contributed by atoms with E-state index in [-0.39, 0.29) is 29.9 Å². The fourth-order valence-electron chi connectivity index (χ4n) is 2.35. The Kier molecular flexibility index (Phi) is 10.2. The second-order valence-corrected chi connectivity index (χ2v) is 5.59. The predicted octanol–water partition coefficient (Wildman–Crippen LogP) is 3.36. The van der Waals surface area contributed by atoms with Crippen LogP contribution in [0.25, 0.3) is 0 Å². The number of methoxy groups -OCH3 is 2. The Balaban J connectivity index is 0.00000364. The first-order valence-electron chi connectivity index (χ1n) is 8.48. The number of halogens is 1. The minimum Gasteiger partial charge on any atom is -0.497 e. The molecule has 7 heteroatoms. The molecule has 0 amide bonds. The molecule has 27 heavy (non-hydrogen) atoms. The van der Waals surface area contributed by atoms with Gasteiger partial charge in [-0.2, -0.15) is 0 Å². The smallest absolute Gasteiger partial charge is 0.337 e. The van der Waals surface area contributed by atoms with Crippen molar-refractivity contribution in [3.8, 4) is 5.75 Å². The maximum absolute atomic E-state index is 11.5. The van der Waals surface area contributed by atoms with Crippen LogP contribution < -0.4 is 15.4 Å². The van der Waals surface area contributed by atoms with E-state index >= 15 is 0 Å². The molecule has 2 aromatic carbocycles. The first-order valence-corrected chi connectivity index (χ1v) is 8.48. The largest absolute Gasteiger partial charge is 0.497 e. The normalized spacial score (nSPS) is 10.6. The Morgan fingerprint density at radius 1 is 1.04 bits per heavy atom. The highest BCUT2D eigenvalue weighted by molar-refractivity contribution is 14.0. The topological polar surface area (TPSA) is 72.0 Å². The minimum absolute atomic E-state index is 0. The molecular formula is C20H26IN3O3. The molecule has 0 atom stereocenters. The van der Waals surface area contributed by atoms with Crippen molar-refractivity contribution in [3.63, 3.8) is 0 Å². The van der Waals surface area contributed by atoms with Gasteiger partial charge in [0.2, 0.25) is 0 Å². The summed E-state index contributed by atoms with van der Waals surface area (Å²) in [5, 5.41) is 6.51. The van der Waals surface area contributed by atoms with E-state index in [2.05, 4.69) is 15.6 Å². The summed E-state index contributed by atoms with van der Waals surface area (Å²) in [5.41, 5.74) is 2.66. The molecule has 0 aromatic heterocycles. The molecule has 0 bridgehead atoms. The number of benzene rings is 2. The van der Waals surface area contributed by atoms with Crippen LogP contribution in [-0.2, 0) is 17.8 Å². The summed E-state index contributed by atoms with van der Waals surface area (Å²) in [6.45, 7) is 3.94. The second-order valence-electron chi connectivity index (χ2n) is 5.59. The van der Waals surface area contributed by atoms with E-state index < -0.39 is 0 Å². The average Bonchev–Trinajstić information content (AvgIpc) is 2.70. The van der Waals surface area contributed by atoms with Crippen LogP contribution in [0.1, 0.15) is 28.4 Å². The van der Waals surface area contributed by atoms with Crippen LogP contribution in [0.3, 0.4) is 0 Å². The highest BCUT2D eigenvalue weighted by Crippen LogP contribution is 2.13. The van der Waals surface area contributed by atoms with Crippen LogP contribution in [0.2, 0.25) is 0 Å². The third-order valence-corrected chi connectivity index (χ3v) is 3.73. The van der Waals surface area contributed by atoms with Crippen molar-refractivity contribution in [2.45, 2.75) is 20.0 Å². The average molecular weight is 483 g/mol. The monoisotopic (exact) mass is 483 g/mol. The zero-order valence-corrected chi connectivity index (χ0v) is 18.2. The number of hydrogen-bond donors (Lipinski definition) is 2. The summed E-state index contributed by atoms with van der Waals surface area (Å²) in [6, 6.07) is 15.1. The fraction of sp³-hybridized carbons (Fsp3) is 0.300. The lowest BCUT2D eigenvalue weighted by Crippen LogP contribution is -2.36. The molecule has 2 rings (SSSR count). The number of carbonyl (C=O) groups excluding carboxylic acids is 1. The number of carbonyl (C=O) groups is 1. The number of hydrogen-bond acceptors (Lipinski definition) is 4. The summed E-state index contributed by atoms with van der Waals surface area (Å²) < 4.78 is 9.94. The van der Waals surface area contributed by atoms with Gasteiger partial charge >= 0.3 is 5.97 Å². The van der Waals surface area contributed by atoms with Crippen molar-refractivity contribution in [1.29, 1.82) is 0 Å². The van der Waals surface area contributed by atoms with Gasteiger partial charge in [0.25, 0.3) is 0 Å². The Morgan fingerprint density at radius 2 is 1.78 bits per heavy atom. The first-order chi connectivity index (χ1) is 12.7. The molecule has 0 aliphatic heterocycles. The van der Waals surface area contributed by atoms with E-state index in [1.54, 1.807) is 19.2 Å². The van der Waals surface area contributed by atoms with Gasteiger partial charge in [-0.25, -0.2) is 9.79 Å². The molecule has 0 radical (unpaired) electrons. The van der Waals surface area contributed by atoms with Gasteiger partial charge in [-0.05, 0) is 42.3 Å². The Bertz CT molecular complexity index is 748. The second kappa shape index (κ2) is 12.2. The molecule has 0 aliphatic rings. The SMILES string of the molecule is CCNC(=NCc1cccc(OC)c1)NCc1ccc(C(=O)OC)cc1.I. The number of nitrogens with one attached hydrogen (secondary N) is 2. The molecule has 146 valence electrons. The van der Waals surface area contributed by atoms with E-state index in [0.717, 1.165) is 29.4 Å². The number of guanidine groups is 1. The lowest BCUT2D eigenvalue weighted by Gasteiger charge is -2.12. The maximum atomic E-state index is 11.5. The molecule has 6 nitrogen and oxygen atoms in total. The van der Waals surface area contributed by atoms with Gasteiger partial charge in [-0.15, -0.1) is 24.0 Å². The highest BCUT2D eigenvalue weighted by Gasteiger charge is 2.05. The standard InChI is InChI=1S/C20H25N3O3.HI/c1-4-21-20(23-14-16-6-5-7-18(12-16)25-2)22-13-15-8-10-17(11-9-15)19(24)26-3;/h5-12H,4,13-14H2,1-3H3,(H2,21,22,23);1H. The number of rotatable bonds is 7. The summed E-state index contributed by atoms with van der Waals surface area (Å²) in [7, 11) is 3.03. The van der Waals surface area contributed by atoms with Gasteiger partial charge in [0, 0.05) is 13.1 Å². The molecule has 2 N–H and O–H groups in total. The molecule has 0 saturated carbocycles. The Morgan fingerprint density at radius 3 is 2.41 bits per heavy atom. The summed E-state index contributed by atoms with van der Waals surface area (Å²) in [6.07, 6.45) is 0. The van der Waals surface area contributed by atoms with E-state index in [1.165, 1.54) is 7.11 Å². The summed E-state index contributed by atoms with van der Waals surface area (Å²) >= 11 is 0. The van der Waals surface area contributed by atoms with E-state index in [4.69, 9.17) is 9.47 Å². The zero-order chi connectivity index (χ0) is 18.8. The maximum Gasteiger partial charge on any atom is 0.337 e. The zero-order valence-electron chi connectivity index (χ0n) is 15.8. The van der Waals surface area contributed by atoms with Crippen LogP contribution in [-0.4, -0.2) is 32.7 Å².